The van der Waals surface area contributed by atoms with E-state index in [1.807, 2.05) is 6.92 Å². The third-order valence-corrected chi connectivity index (χ3v) is 4.58. The molecule has 3 N–H and O–H groups in total. The summed E-state index contributed by atoms with van der Waals surface area (Å²) in [6, 6.07) is 13.6. The predicted molar refractivity (Wildman–Crippen MR) is 119 cm³/mol. The highest BCUT2D eigenvalue weighted by Gasteiger charge is 2.38. The molecular formula is C23H24N4O4. The van der Waals surface area contributed by atoms with E-state index in [-0.39, 0.29) is 29.0 Å². The highest BCUT2D eigenvalue weighted by Crippen LogP contribution is 2.31. The van der Waals surface area contributed by atoms with Gasteiger partial charge in [-0.1, -0.05) is 19.1 Å². The van der Waals surface area contributed by atoms with Crippen molar-refractivity contribution in [3.8, 4) is 0 Å². The molecule has 1 heterocycles. The van der Waals surface area contributed by atoms with Crippen LogP contribution in [0.1, 0.15) is 32.8 Å². The SMILES string of the molecule is CCCN1C(=O)C(Nc2ccc(NC(C)=O)cc2)=C(c2ccc(NC(C)=O)cc2)C1=O. The Labute approximate surface area is 180 Å². The van der Waals surface area contributed by atoms with E-state index < -0.39 is 5.91 Å². The lowest BCUT2D eigenvalue weighted by Gasteiger charge is -2.14. The Morgan fingerprint density at radius 2 is 1.26 bits per heavy atom. The predicted octanol–water partition coefficient (Wildman–Crippen LogP) is 3.21. The van der Waals surface area contributed by atoms with Crippen LogP contribution in [0.5, 0.6) is 0 Å². The summed E-state index contributed by atoms with van der Waals surface area (Å²) in [6.07, 6.45) is 0.644. The minimum atomic E-state index is -0.390. The lowest BCUT2D eigenvalue weighted by Crippen LogP contribution is -2.33. The van der Waals surface area contributed by atoms with Gasteiger partial charge < -0.3 is 16.0 Å². The molecule has 8 heteroatoms. The molecule has 0 unspecified atom stereocenters. The van der Waals surface area contributed by atoms with E-state index in [0.29, 0.717) is 35.6 Å². The molecule has 0 radical (unpaired) electrons. The van der Waals surface area contributed by atoms with Crippen LogP contribution in [0.4, 0.5) is 17.1 Å². The standard InChI is InChI=1S/C23H24N4O4/c1-4-13-27-22(30)20(16-5-7-17(8-6-16)24-14(2)28)21(23(27)31)26-19-11-9-18(10-12-19)25-15(3)29/h5-12,26H,4,13H2,1-3H3,(H,24,28)(H,25,29). The number of benzene rings is 2. The van der Waals surface area contributed by atoms with Gasteiger partial charge in [0.05, 0.1) is 5.57 Å². The van der Waals surface area contributed by atoms with E-state index in [1.165, 1.54) is 18.7 Å². The fourth-order valence-corrected chi connectivity index (χ4v) is 3.29. The number of carbonyl (C=O) groups excluding carboxylic acids is 4. The maximum atomic E-state index is 13.0. The van der Waals surface area contributed by atoms with Crippen LogP contribution in [-0.2, 0) is 19.2 Å². The van der Waals surface area contributed by atoms with Crippen molar-refractivity contribution in [2.24, 2.45) is 0 Å². The molecule has 31 heavy (non-hydrogen) atoms. The minimum absolute atomic E-state index is 0.180. The molecule has 0 atom stereocenters. The van der Waals surface area contributed by atoms with E-state index >= 15 is 0 Å². The average Bonchev–Trinajstić information content (AvgIpc) is 2.94. The van der Waals surface area contributed by atoms with Gasteiger partial charge in [0.15, 0.2) is 0 Å². The molecule has 0 bridgehead atoms. The highest BCUT2D eigenvalue weighted by atomic mass is 16.2. The maximum Gasteiger partial charge on any atom is 0.278 e. The Kier molecular flexibility index (Phi) is 6.49. The number of anilines is 3. The van der Waals surface area contributed by atoms with Crippen LogP contribution in [0.25, 0.3) is 5.57 Å². The zero-order chi connectivity index (χ0) is 22.5. The van der Waals surface area contributed by atoms with E-state index in [1.54, 1.807) is 48.5 Å². The van der Waals surface area contributed by atoms with Gasteiger partial charge in [-0.25, -0.2) is 0 Å². The molecule has 0 fully saturated rings. The summed E-state index contributed by atoms with van der Waals surface area (Å²) in [5.74, 6) is -1.13. The third-order valence-electron chi connectivity index (χ3n) is 4.58. The Morgan fingerprint density at radius 1 is 0.774 bits per heavy atom. The van der Waals surface area contributed by atoms with Gasteiger partial charge in [-0.05, 0) is 48.4 Å². The van der Waals surface area contributed by atoms with Gasteiger partial charge in [0.2, 0.25) is 11.8 Å². The van der Waals surface area contributed by atoms with Crippen LogP contribution < -0.4 is 16.0 Å². The number of hydrogen-bond donors (Lipinski definition) is 3. The number of nitrogens with zero attached hydrogens (tertiary/aromatic N) is 1. The first-order chi connectivity index (χ1) is 14.8. The molecule has 4 amide bonds. The summed E-state index contributed by atoms with van der Waals surface area (Å²) in [5.41, 5.74) is 2.88. The topological polar surface area (TPSA) is 108 Å². The van der Waals surface area contributed by atoms with Crippen molar-refractivity contribution in [1.29, 1.82) is 0 Å². The molecule has 2 aromatic carbocycles. The number of rotatable bonds is 7. The van der Waals surface area contributed by atoms with Gasteiger partial charge in [0.25, 0.3) is 11.8 Å². The van der Waals surface area contributed by atoms with Gasteiger partial charge in [-0.2, -0.15) is 0 Å². The molecule has 0 aromatic heterocycles. The molecule has 3 rings (SSSR count). The largest absolute Gasteiger partial charge is 0.350 e. The zero-order valence-corrected chi connectivity index (χ0v) is 17.6. The summed E-state index contributed by atoms with van der Waals surface area (Å²) < 4.78 is 0. The van der Waals surface area contributed by atoms with Crippen molar-refractivity contribution in [3.05, 3.63) is 59.8 Å². The van der Waals surface area contributed by atoms with Crippen molar-refractivity contribution in [2.75, 3.05) is 22.5 Å². The zero-order valence-electron chi connectivity index (χ0n) is 17.6. The van der Waals surface area contributed by atoms with Crippen LogP contribution in [0, 0.1) is 0 Å². The van der Waals surface area contributed by atoms with Crippen molar-refractivity contribution >= 4 is 46.3 Å². The van der Waals surface area contributed by atoms with Crippen LogP contribution >= 0.6 is 0 Å². The molecule has 160 valence electrons. The average molecular weight is 420 g/mol. The second-order valence-electron chi connectivity index (χ2n) is 7.15. The monoisotopic (exact) mass is 420 g/mol. The quantitative estimate of drug-likeness (QED) is 0.596. The van der Waals surface area contributed by atoms with Gasteiger partial charge in [-0.3, -0.25) is 24.1 Å². The molecule has 2 aromatic rings. The van der Waals surface area contributed by atoms with Crippen LogP contribution in [0.15, 0.2) is 54.2 Å². The Morgan fingerprint density at radius 3 is 1.74 bits per heavy atom. The Balaban J connectivity index is 1.95. The maximum absolute atomic E-state index is 13.0. The van der Waals surface area contributed by atoms with E-state index in [9.17, 15) is 19.2 Å². The number of hydrogen-bond acceptors (Lipinski definition) is 5. The highest BCUT2D eigenvalue weighted by molar-refractivity contribution is 6.36. The van der Waals surface area contributed by atoms with Crippen LogP contribution in [0.2, 0.25) is 0 Å². The first-order valence-corrected chi connectivity index (χ1v) is 9.93. The minimum Gasteiger partial charge on any atom is -0.350 e. The smallest absolute Gasteiger partial charge is 0.278 e. The molecule has 0 spiro atoms. The number of amides is 4. The van der Waals surface area contributed by atoms with E-state index in [2.05, 4.69) is 16.0 Å². The fourth-order valence-electron chi connectivity index (χ4n) is 3.29. The van der Waals surface area contributed by atoms with Crippen molar-refractivity contribution in [1.82, 2.24) is 4.90 Å². The van der Waals surface area contributed by atoms with Crippen LogP contribution in [0.3, 0.4) is 0 Å². The van der Waals surface area contributed by atoms with Gasteiger partial charge >= 0.3 is 0 Å². The molecule has 0 aliphatic carbocycles. The molecule has 1 aliphatic heterocycles. The lowest BCUT2D eigenvalue weighted by molar-refractivity contribution is -0.136. The summed E-state index contributed by atoms with van der Waals surface area (Å²) in [4.78, 5) is 49.7. The molecule has 0 saturated carbocycles. The molecule has 1 aliphatic rings. The van der Waals surface area contributed by atoms with Gasteiger partial charge in [0, 0.05) is 37.5 Å². The van der Waals surface area contributed by atoms with Crippen molar-refractivity contribution in [3.63, 3.8) is 0 Å². The summed E-state index contributed by atoms with van der Waals surface area (Å²) in [6.45, 7) is 5.05. The van der Waals surface area contributed by atoms with E-state index in [4.69, 9.17) is 0 Å². The number of imide groups is 1. The van der Waals surface area contributed by atoms with Crippen LogP contribution in [-0.4, -0.2) is 35.1 Å². The Hall–Kier alpha value is -3.94. The second-order valence-corrected chi connectivity index (χ2v) is 7.15. The summed E-state index contributed by atoms with van der Waals surface area (Å²) >= 11 is 0. The first kappa shape index (κ1) is 21.8. The number of carbonyl (C=O) groups is 4. The van der Waals surface area contributed by atoms with Gasteiger partial charge in [-0.15, -0.1) is 0 Å². The van der Waals surface area contributed by atoms with E-state index in [0.717, 1.165) is 0 Å². The first-order valence-electron chi connectivity index (χ1n) is 9.93. The van der Waals surface area contributed by atoms with Gasteiger partial charge in [0.1, 0.15) is 5.70 Å². The Bertz CT molecular complexity index is 1060. The third kappa shape index (κ3) is 4.98. The molecule has 0 saturated heterocycles. The fraction of sp³-hybridized carbons (Fsp3) is 0.217. The van der Waals surface area contributed by atoms with Crippen molar-refractivity contribution in [2.45, 2.75) is 27.2 Å². The summed E-state index contributed by atoms with van der Waals surface area (Å²) in [7, 11) is 0. The number of nitrogens with one attached hydrogen (secondary N) is 3. The second kappa shape index (κ2) is 9.25. The lowest BCUT2D eigenvalue weighted by atomic mass is 10.0. The summed E-state index contributed by atoms with van der Waals surface area (Å²) in [5, 5.41) is 8.43. The van der Waals surface area contributed by atoms with Crippen molar-refractivity contribution < 1.29 is 19.2 Å². The molecule has 8 nitrogen and oxygen atoms in total. The molecular weight excluding hydrogens is 396 g/mol. The normalized spacial score (nSPS) is 13.5.